The molecule has 0 bridgehead atoms. The van der Waals surface area contributed by atoms with E-state index < -0.39 is 23.7 Å². The number of pyridine rings is 1. The van der Waals surface area contributed by atoms with Gasteiger partial charge in [0.25, 0.3) is 6.43 Å². The van der Waals surface area contributed by atoms with E-state index in [9.17, 15) is 13.6 Å². The lowest BCUT2D eigenvalue weighted by Gasteiger charge is -2.11. The normalized spacial score (nSPS) is 10.4. The molecule has 1 rings (SSSR count). The third-order valence-electron chi connectivity index (χ3n) is 2.05. The van der Waals surface area contributed by atoms with Gasteiger partial charge in [-0.1, -0.05) is 0 Å². The number of esters is 1. The van der Waals surface area contributed by atoms with Gasteiger partial charge in [0.2, 0.25) is 5.88 Å². The van der Waals surface area contributed by atoms with E-state index in [1.807, 2.05) is 0 Å². The molecule has 0 saturated heterocycles. The number of rotatable bonds is 3. The predicted octanol–water partition coefficient (Wildman–Crippen LogP) is 2.12. The zero-order valence-corrected chi connectivity index (χ0v) is 9.08. The van der Waals surface area contributed by atoms with Gasteiger partial charge in [-0.25, -0.2) is 18.6 Å². The van der Waals surface area contributed by atoms with Crippen LogP contribution in [-0.2, 0) is 4.74 Å². The second kappa shape index (κ2) is 4.87. The first-order chi connectivity index (χ1) is 7.51. The summed E-state index contributed by atoms with van der Waals surface area (Å²) in [6.07, 6.45) is -2.78. The lowest BCUT2D eigenvalue weighted by molar-refractivity contribution is 0.0580. The first-order valence-corrected chi connectivity index (χ1v) is 4.43. The summed E-state index contributed by atoms with van der Waals surface area (Å²) in [7, 11) is 2.44. The first-order valence-electron chi connectivity index (χ1n) is 4.43. The zero-order valence-electron chi connectivity index (χ0n) is 9.08. The van der Waals surface area contributed by atoms with Gasteiger partial charge in [0, 0.05) is 6.07 Å². The van der Waals surface area contributed by atoms with E-state index in [1.165, 1.54) is 20.1 Å². The van der Waals surface area contributed by atoms with E-state index in [0.717, 1.165) is 7.11 Å². The number of carbonyl (C=O) groups excluding carboxylic acids is 1. The molecule has 4 nitrogen and oxygen atoms in total. The van der Waals surface area contributed by atoms with Crippen molar-refractivity contribution in [2.24, 2.45) is 0 Å². The van der Waals surface area contributed by atoms with Gasteiger partial charge < -0.3 is 9.47 Å². The Kier molecular flexibility index (Phi) is 3.76. The molecule has 0 radical (unpaired) electrons. The van der Waals surface area contributed by atoms with Gasteiger partial charge in [-0.05, 0) is 12.5 Å². The number of nitrogens with zero attached hydrogens (tertiary/aromatic N) is 1. The largest absolute Gasteiger partial charge is 0.481 e. The molecule has 0 atom stereocenters. The summed E-state index contributed by atoms with van der Waals surface area (Å²) >= 11 is 0. The molecule has 0 aliphatic carbocycles. The Balaban J connectivity index is 3.40. The molecule has 0 spiro atoms. The fourth-order valence-corrected chi connectivity index (χ4v) is 1.28. The quantitative estimate of drug-likeness (QED) is 0.747. The van der Waals surface area contributed by atoms with Crippen LogP contribution in [0.25, 0.3) is 0 Å². The van der Waals surface area contributed by atoms with Gasteiger partial charge in [-0.2, -0.15) is 0 Å². The van der Waals surface area contributed by atoms with Crippen LogP contribution in [0.15, 0.2) is 6.07 Å². The van der Waals surface area contributed by atoms with Crippen molar-refractivity contribution in [1.82, 2.24) is 4.98 Å². The molecular weight excluding hydrogens is 220 g/mol. The van der Waals surface area contributed by atoms with Crippen LogP contribution in [0.3, 0.4) is 0 Å². The molecule has 0 aliphatic rings. The van der Waals surface area contributed by atoms with Crippen LogP contribution in [0.4, 0.5) is 8.78 Å². The van der Waals surface area contributed by atoms with Crippen LogP contribution in [0, 0.1) is 6.92 Å². The second-order valence-corrected chi connectivity index (χ2v) is 3.04. The molecular formula is C10H11F2NO3. The highest BCUT2D eigenvalue weighted by Crippen LogP contribution is 2.28. The summed E-state index contributed by atoms with van der Waals surface area (Å²) < 4.78 is 34.7. The number of alkyl halides is 2. The number of ether oxygens (including phenoxy) is 2. The predicted molar refractivity (Wildman–Crippen MR) is 51.8 cm³/mol. The van der Waals surface area contributed by atoms with Crippen molar-refractivity contribution in [2.75, 3.05) is 14.2 Å². The molecule has 16 heavy (non-hydrogen) atoms. The van der Waals surface area contributed by atoms with Crippen molar-refractivity contribution in [2.45, 2.75) is 13.3 Å². The van der Waals surface area contributed by atoms with Crippen LogP contribution in [0.1, 0.15) is 28.0 Å². The van der Waals surface area contributed by atoms with E-state index in [1.54, 1.807) is 0 Å². The van der Waals surface area contributed by atoms with Crippen molar-refractivity contribution in [3.05, 3.63) is 22.9 Å². The number of hydrogen-bond donors (Lipinski definition) is 0. The lowest BCUT2D eigenvalue weighted by Crippen LogP contribution is -2.11. The summed E-state index contributed by atoms with van der Waals surface area (Å²) in [6, 6.07) is 1.34. The van der Waals surface area contributed by atoms with Gasteiger partial charge in [-0.15, -0.1) is 0 Å². The smallest absolute Gasteiger partial charge is 0.357 e. The SMILES string of the molecule is COC(=O)c1nc(OC)cc(C)c1C(F)F. The van der Waals surface area contributed by atoms with Crippen LogP contribution < -0.4 is 4.74 Å². The van der Waals surface area contributed by atoms with Crippen LogP contribution in [-0.4, -0.2) is 25.2 Å². The molecule has 0 fully saturated rings. The molecule has 1 aromatic rings. The van der Waals surface area contributed by atoms with Crippen molar-refractivity contribution in [3.8, 4) is 5.88 Å². The third kappa shape index (κ3) is 2.26. The molecule has 0 unspecified atom stereocenters. The molecule has 0 saturated carbocycles. The molecule has 6 heteroatoms. The summed E-state index contributed by atoms with van der Waals surface area (Å²) in [6.45, 7) is 1.46. The van der Waals surface area contributed by atoms with E-state index in [2.05, 4.69) is 9.72 Å². The fraction of sp³-hybridized carbons (Fsp3) is 0.400. The van der Waals surface area contributed by atoms with E-state index in [0.29, 0.717) is 0 Å². The first kappa shape index (κ1) is 12.4. The number of carbonyl (C=O) groups is 1. The minimum Gasteiger partial charge on any atom is -0.481 e. The zero-order chi connectivity index (χ0) is 12.3. The molecule has 0 aliphatic heterocycles. The summed E-state index contributed by atoms with van der Waals surface area (Å²) in [5, 5.41) is 0. The average molecular weight is 231 g/mol. The van der Waals surface area contributed by atoms with Crippen LogP contribution in [0.5, 0.6) is 5.88 Å². The number of halogens is 2. The Hall–Kier alpha value is -1.72. The topological polar surface area (TPSA) is 48.4 Å². The van der Waals surface area contributed by atoms with Crippen molar-refractivity contribution < 1.29 is 23.0 Å². The van der Waals surface area contributed by atoms with Crippen molar-refractivity contribution in [3.63, 3.8) is 0 Å². The summed E-state index contributed by atoms with van der Waals surface area (Å²) in [5.41, 5.74) is -0.593. The Morgan fingerprint density at radius 3 is 2.50 bits per heavy atom. The van der Waals surface area contributed by atoms with Gasteiger partial charge in [0.15, 0.2) is 5.69 Å². The van der Waals surface area contributed by atoms with Gasteiger partial charge >= 0.3 is 5.97 Å². The average Bonchev–Trinajstić information content (AvgIpc) is 2.26. The highest BCUT2D eigenvalue weighted by molar-refractivity contribution is 5.89. The molecule has 1 aromatic heterocycles. The molecule has 0 amide bonds. The Labute approximate surface area is 91.2 Å². The highest BCUT2D eigenvalue weighted by atomic mass is 19.3. The molecule has 1 heterocycles. The molecule has 0 N–H and O–H groups in total. The van der Waals surface area contributed by atoms with Crippen LogP contribution in [0.2, 0.25) is 0 Å². The maximum absolute atomic E-state index is 12.7. The minimum absolute atomic E-state index is 0.0994. The van der Waals surface area contributed by atoms with Gasteiger partial charge in [0.05, 0.1) is 19.8 Å². The maximum Gasteiger partial charge on any atom is 0.357 e. The van der Waals surface area contributed by atoms with E-state index >= 15 is 0 Å². The van der Waals surface area contributed by atoms with Crippen molar-refractivity contribution in [1.29, 1.82) is 0 Å². The number of methoxy groups -OCH3 is 2. The fourth-order valence-electron chi connectivity index (χ4n) is 1.28. The summed E-state index contributed by atoms with van der Waals surface area (Å²) in [4.78, 5) is 15.0. The highest BCUT2D eigenvalue weighted by Gasteiger charge is 2.24. The minimum atomic E-state index is -2.78. The lowest BCUT2D eigenvalue weighted by atomic mass is 10.1. The Morgan fingerprint density at radius 1 is 1.44 bits per heavy atom. The molecule has 88 valence electrons. The Bertz CT molecular complexity index is 407. The van der Waals surface area contributed by atoms with Gasteiger partial charge in [0.1, 0.15) is 0 Å². The molecule has 0 aromatic carbocycles. The third-order valence-corrected chi connectivity index (χ3v) is 2.05. The summed E-state index contributed by atoms with van der Waals surface area (Å²) in [5.74, 6) is -0.806. The number of aryl methyl sites for hydroxylation is 1. The second-order valence-electron chi connectivity index (χ2n) is 3.04. The number of hydrogen-bond acceptors (Lipinski definition) is 4. The Morgan fingerprint density at radius 2 is 2.06 bits per heavy atom. The monoisotopic (exact) mass is 231 g/mol. The maximum atomic E-state index is 12.7. The van der Waals surface area contributed by atoms with E-state index in [-0.39, 0.29) is 11.4 Å². The van der Waals surface area contributed by atoms with E-state index in [4.69, 9.17) is 4.74 Å². The van der Waals surface area contributed by atoms with Gasteiger partial charge in [-0.3, -0.25) is 0 Å². The standard InChI is InChI=1S/C10H11F2NO3/c1-5-4-6(15-2)13-8(10(14)16-3)7(5)9(11)12/h4,9H,1-3H3. The van der Waals surface area contributed by atoms with Crippen LogP contribution >= 0.6 is 0 Å². The number of aromatic nitrogens is 1. The van der Waals surface area contributed by atoms with Crippen molar-refractivity contribution >= 4 is 5.97 Å².